The molecule has 2 aliphatic rings. The van der Waals surface area contributed by atoms with Gasteiger partial charge in [-0.2, -0.15) is 5.26 Å². The largest absolute Gasteiger partial charge is 0.382 e. The molecule has 190 valence electrons. The number of aromatic nitrogens is 1. The van der Waals surface area contributed by atoms with E-state index in [1.807, 2.05) is 60.7 Å². The third-order valence-corrected chi connectivity index (χ3v) is 7.04. The van der Waals surface area contributed by atoms with Crippen molar-refractivity contribution in [2.75, 3.05) is 36.8 Å². The molecule has 5 rings (SSSR count). The van der Waals surface area contributed by atoms with E-state index in [1.54, 1.807) is 6.20 Å². The molecule has 0 aliphatic carbocycles. The summed E-state index contributed by atoms with van der Waals surface area (Å²) in [5.74, 6) is -0.399. The number of benzene rings is 2. The molecule has 2 atom stereocenters. The predicted molar refractivity (Wildman–Crippen MR) is 140 cm³/mol. The molecule has 8 nitrogen and oxygen atoms in total. The molecule has 0 saturated carbocycles. The Morgan fingerprint density at radius 1 is 1.11 bits per heavy atom. The number of hydrogen-bond donors (Lipinski definition) is 2. The molecule has 2 fully saturated rings. The van der Waals surface area contributed by atoms with Gasteiger partial charge in [0, 0.05) is 48.5 Å². The lowest BCUT2D eigenvalue weighted by Gasteiger charge is -2.33. The number of hydrogen-bond acceptors (Lipinski definition) is 6. The Labute approximate surface area is 215 Å². The number of carbonyl (C=O) groups excluding carboxylic acids is 2. The molecule has 2 aromatic carbocycles. The number of carbonyl (C=O) groups is 2. The van der Waals surface area contributed by atoms with Crippen molar-refractivity contribution in [3.05, 3.63) is 66.4 Å². The zero-order chi connectivity index (χ0) is 25.8. The standard InChI is InChI=1S/C28H29FN6O2/c29-20-14-23(15-30)35(17-20)27(36)18-34-11-9-22(10-12-34)32-26-8-4-7-25-24(26)13-19(16-31-25)28(37)33-21-5-2-1-3-6-21/h1-8,13,16,20,22-23,32H,9-12,14,17-18H2,(H,33,37)/t20-,23?/m0/s1. The number of nitrogens with one attached hydrogen (secondary N) is 2. The number of halogens is 1. The molecule has 2 aliphatic heterocycles. The number of para-hydroxylation sites is 1. The number of fused-ring (bicyclic) bond motifs is 1. The Balaban J connectivity index is 1.20. The van der Waals surface area contributed by atoms with Crippen LogP contribution in [0.3, 0.4) is 0 Å². The monoisotopic (exact) mass is 500 g/mol. The molecule has 37 heavy (non-hydrogen) atoms. The van der Waals surface area contributed by atoms with Crippen molar-refractivity contribution in [2.45, 2.75) is 37.5 Å². The number of nitriles is 1. The number of rotatable bonds is 6. The second-order valence-corrected chi connectivity index (χ2v) is 9.64. The zero-order valence-corrected chi connectivity index (χ0v) is 20.4. The summed E-state index contributed by atoms with van der Waals surface area (Å²) >= 11 is 0. The molecular weight excluding hydrogens is 471 g/mol. The van der Waals surface area contributed by atoms with Crippen LogP contribution in [-0.4, -0.2) is 71.0 Å². The highest BCUT2D eigenvalue weighted by Crippen LogP contribution is 2.26. The van der Waals surface area contributed by atoms with Crippen LogP contribution >= 0.6 is 0 Å². The van der Waals surface area contributed by atoms with E-state index in [0.717, 1.165) is 48.2 Å². The normalized spacial score (nSPS) is 20.5. The van der Waals surface area contributed by atoms with Crippen LogP contribution in [0.1, 0.15) is 29.6 Å². The van der Waals surface area contributed by atoms with E-state index in [1.165, 1.54) is 4.90 Å². The van der Waals surface area contributed by atoms with E-state index in [0.29, 0.717) is 5.56 Å². The van der Waals surface area contributed by atoms with Crippen molar-refractivity contribution < 1.29 is 14.0 Å². The minimum absolute atomic E-state index is 0.00948. The van der Waals surface area contributed by atoms with Crippen molar-refractivity contribution in [1.29, 1.82) is 5.26 Å². The zero-order valence-electron chi connectivity index (χ0n) is 20.4. The van der Waals surface area contributed by atoms with Gasteiger partial charge in [-0.25, -0.2) is 4.39 Å². The van der Waals surface area contributed by atoms with Gasteiger partial charge in [-0.05, 0) is 43.2 Å². The van der Waals surface area contributed by atoms with Gasteiger partial charge in [-0.1, -0.05) is 24.3 Å². The van der Waals surface area contributed by atoms with Crippen LogP contribution in [-0.2, 0) is 4.79 Å². The van der Waals surface area contributed by atoms with Crippen LogP contribution in [0, 0.1) is 11.3 Å². The topological polar surface area (TPSA) is 101 Å². The summed E-state index contributed by atoms with van der Waals surface area (Å²) in [6, 6.07) is 18.6. The molecule has 3 heterocycles. The summed E-state index contributed by atoms with van der Waals surface area (Å²) in [6.45, 7) is 1.66. The summed E-state index contributed by atoms with van der Waals surface area (Å²) in [5.41, 5.74) is 2.92. The van der Waals surface area contributed by atoms with E-state index in [9.17, 15) is 19.2 Å². The number of alkyl halides is 1. The van der Waals surface area contributed by atoms with Gasteiger partial charge in [-0.3, -0.25) is 19.5 Å². The van der Waals surface area contributed by atoms with Crippen LogP contribution in [0.4, 0.5) is 15.8 Å². The summed E-state index contributed by atoms with van der Waals surface area (Å²) in [4.78, 5) is 33.4. The van der Waals surface area contributed by atoms with Crippen LogP contribution < -0.4 is 10.6 Å². The highest BCUT2D eigenvalue weighted by atomic mass is 19.1. The first kappa shape index (κ1) is 24.7. The van der Waals surface area contributed by atoms with Gasteiger partial charge in [0.15, 0.2) is 0 Å². The van der Waals surface area contributed by atoms with Crippen molar-refractivity contribution in [2.24, 2.45) is 0 Å². The van der Waals surface area contributed by atoms with Gasteiger partial charge in [0.25, 0.3) is 5.91 Å². The number of pyridine rings is 1. The van der Waals surface area contributed by atoms with Crippen LogP contribution in [0.25, 0.3) is 10.9 Å². The fourth-order valence-corrected chi connectivity index (χ4v) is 5.04. The van der Waals surface area contributed by atoms with Gasteiger partial charge in [0.2, 0.25) is 5.91 Å². The van der Waals surface area contributed by atoms with E-state index < -0.39 is 12.2 Å². The van der Waals surface area contributed by atoms with Crippen molar-refractivity contribution >= 4 is 34.1 Å². The minimum Gasteiger partial charge on any atom is -0.382 e. The average molecular weight is 501 g/mol. The predicted octanol–water partition coefficient (Wildman–Crippen LogP) is 3.83. The number of anilines is 2. The van der Waals surface area contributed by atoms with Crippen molar-refractivity contribution in [3.63, 3.8) is 0 Å². The maximum absolute atomic E-state index is 13.7. The first-order valence-electron chi connectivity index (χ1n) is 12.6. The molecule has 0 bridgehead atoms. The van der Waals surface area contributed by atoms with E-state index in [-0.39, 0.29) is 37.4 Å². The number of nitrogens with zero attached hydrogens (tertiary/aromatic N) is 4. The molecule has 3 aromatic rings. The molecule has 2 saturated heterocycles. The van der Waals surface area contributed by atoms with Crippen molar-refractivity contribution in [1.82, 2.24) is 14.8 Å². The molecule has 1 aromatic heterocycles. The summed E-state index contributed by atoms with van der Waals surface area (Å²) in [7, 11) is 0. The third kappa shape index (κ3) is 5.70. The van der Waals surface area contributed by atoms with E-state index in [4.69, 9.17) is 0 Å². The highest BCUT2D eigenvalue weighted by molar-refractivity contribution is 6.07. The Bertz CT molecular complexity index is 1320. The smallest absolute Gasteiger partial charge is 0.257 e. The Morgan fingerprint density at radius 3 is 2.65 bits per heavy atom. The Morgan fingerprint density at radius 2 is 1.89 bits per heavy atom. The molecule has 9 heteroatoms. The second kappa shape index (κ2) is 10.9. The fraction of sp³-hybridized carbons (Fsp3) is 0.357. The summed E-state index contributed by atoms with van der Waals surface area (Å²) < 4.78 is 13.7. The van der Waals surface area contributed by atoms with Crippen LogP contribution in [0.2, 0.25) is 0 Å². The molecule has 2 amide bonds. The van der Waals surface area contributed by atoms with Gasteiger partial charge in [-0.15, -0.1) is 0 Å². The fourth-order valence-electron chi connectivity index (χ4n) is 5.04. The number of amides is 2. The van der Waals surface area contributed by atoms with E-state index in [2.05, 4.69) is 20.5 Å². The first-order chi connectivity index (χ1) is 18.0. The Kier molecular flexibility index (Phi) is 7.28. The lowest BCUT2D eigenvalue weighted by Crippen LogP contribution is -2.46. The van der Waals surface area contributed by atoms with Gasteiger partial charge in [0.1, 0.15) is 12.2 Å². The quantitative estimate of drug-likeness (QED) is 0.534. The second-order valence-electron chi connectivity index (χ2n) is 9.64. The maximum atomic E-state index is 13.7. The third-order valence-electron chi connectivity index (χ3n) is 7.04. The SMILES string of the molecule is N#CC1C[C@H](F)CN1C(=O)CN1CCC(Nc2cccc3ncc(C(=O)Nc4ccccc4)cc23)CC1. The molecule has 0 radical (unpaired) electrons. The molecule has 0 spiro atoms. The van der Waals surface area contributed by atoms with Crippen LogP contribution in [0.5, 0.6) is 0 Å². The van der Waals surface area contributed by atoms with Crippen LogP contribution in [0.15, 0.2) is 60.8 Å². The lowest BCUT2D eigenvalue weighted by atomic mass is 10.0. The maximum Gasteiger partial charge on any atom is 0.257 e. The number of piperidine rings is 1. The molecular formula is C28H29FN6O2. The van der Waals surface area contributed by atoms with Gasteiger partial charge < -0.3 is 15.5 Å². The molecule has 1 unspecified atom stereocenters. The average Bonchev–Trinajstić information content (AvgIpc) is 3.31. The van der Waals surface area contributed by atoms with Crippen molar-refractivity contribution in [3.8, 4) is 6.07 Å². The lowest BCUT2D eigenvalue weighted by molar-refractivity contribution is -0.132. The number of likely N-dealkylation sites (tertiary alicyclic amines) is 2. The molecule has 2 N–H and O–H groups in total. The first-order valence-corrected chi connectivity index (χ1v) is 12.6. The Hall–Kier alpha value is -4.03. The summed E-state index contributed by atoms with van der Waals surface area (Å²) in [6.07, 6.45) is 2.23. The van der Waals surface area contributed by atoms with E-state index >= 15 is 0 Å². The van der Waals surface area contributed by atoms with Gasteiger partial charge >= 0.3 is 0 Å². The van der Waals surface area contributed by atoms with Gasteiger partial charge in [0.05, 0.1) is 30.2 Å². The highest BCUT2D eigenvalue weighted by Gasteiger charge is 2.36. The summed E-state index contributed by atoms with van der Waals surface area (Å²) in [5, 5.41) is 16.6. The minimum atomic E-state index is -1.12.